The van der Waals surface area contributed by atoms with Crippen molar-refractivity contribution in [3.63, 3.8) is 0 Å². The zero-order valence-electron chi connectivity index (χ0n) is 13.8. The van der Waals surface area contributed by atoms with Gasteiger partial charge in [0.1, 0.15) is 5.69 Å². The molecule has 1 amide bonds. The van der Waals surface area contributed by atoms with E-state index in [-0.39, 0.29) is 18.1 Å². The number of aromatic nitrogens is 1. The van der Waals surface area contributed by atoms with E-state index in [1.54, 1.807) is 6.92 Å². The first kappa shape index (κ1) is 16.4. The van der Waals surface area contributed by atoms with Gasteiger partial charge in [-0.05, 0) is 44.4 Å². The number of fused-ring (bicyclic) bond motifs is 1. The summed E-state index contributed by atoms with van der Waals surface area (Å²) in [5, 5.41) is 10.5. The van der Waals surface area contributed by atoms with Gasteiger partial charge in [0.05, 0.1) is 10.8 Å². The predicted molar refractivity (Wildman–Crippen MR) is 93.0 cm³/mol. The molecule has 124 valence electrons. The molecule has 1 N–H and O–H groups in total. The first-order chi connectivity index (χ1) is 11.0. The van der Waals surface area contributed by atoms with Crippen LogP contribution in [0.2, 0.25) is 0 Å². The van der Waals surface area contributed by atoms with Gasteiger partial charge in [-0.2, -0.15) is 4.37 Å². The van der Waals surface area contributed by atoms with Crippen molar-refractivity contribution in [1.82, 2.24) is 14.2 Å². The molecule has 1 fully saturated rings. The smallest absolute Gasteiger partial charge is 0.274 e. The summed E-state index contributed by atoms with van der Waals surface area (Å²) in [6, 6.07) is 6.24. The maximum Gasteiger partial charge on any atom is 0.274 e. The van der Waals surface area contributed by atoms with Gasteiger partial charge in [-0.3, -0.25) is 9.69 Å². The fourth-order valence-corrected chi connectivity index (χ4v) is 3.97. The second kappa shape index (κ2) is 6.55. The third kappa shape index (κ3) is 3.39. The van der Waals surface area contributed by atoms with Gasteiger partial charge in [0.15, 0.2) is 0 Å². The molecule has 0 spiro atoms. The average molecular weight is 333 g/mol. The Kier molecular flexibility index (Phi) is 4.66. The van der Waals surface area contributed by atoms with Gasteiger partial charge in [-0.25, -0.2) is 0 Å². The number of rotatable bonds is 3. The van der Waals surface area contributed by atoms with Crippen LogP contribution in [-0.4, -0.2) is 63.5 Å². The lowest BCUT2D eigenvalue weighted by molar-refractivity contribution is 0.0381. The largest absolute Gasteiger partial charge is 0.392 e. The zero-order chi connectivity index (χ0) is 16.6. The van der Waals surface area contributed by atoms with Crippen molar-refractivity contribution in [3.8, 4) is 0 Å². The van der Waals surface area contributed by atoms with Crippen LogP contribution in [0.5, 0.6) is 0 Å². The molecule has 1 aromatic carbocycles. The maximum absolute atomic E-state index is 12.9. The lowest BCUT2D eigenvalue weighted by Crippen LogP contribution is -2.55. The minimum Gasteiger partial charge on any atom is -0.392 e. The monoisotopic (exact) mass is 333 g/mol. The van der Waals surface area contributed by atoms with Crippen LogP contribution >= 0.6 is 11.5 Å². The first-order valence-corrected chi connectivity index (χ1v) is 8.80. The number of amides is 1. The van der Waals surface area contributed by atoms with Crippen molar-refractivity contribution in [3.05, 3.63) is 29.5 Å². The Hall–Kier alpha value is -1.50. The molecule has 2 heterocycles. The van der Waals surface area contributed by atoms with Gasteiger partial charge in [-0.15, -0.1) is 0 Å². The van der Waals surface area contributed by atoms with Crippen LogP contribution in [0, 0.1) is 6.92 Å². The molecular weight excluding hydrogens is 310 g/mol. The highest BCUT2D eigenvalue weighted by molar-refractivity contribution is 7.13. The number of carbonyl (C=O) groups excluding carboxylic acids is 1. The minimum atomic E-state index is -0.338. The van der Waals surface area contributed by atoms with Crippen molar-refractivity contribution in [1.29, 1.82) is 0 Å². The SMILES string of the molecule is Cc1ccc2snc(C(=O)N3CCN(CC(C)O)CC3C)c2c1. The van der Waals surface area contributed by atoms with Gasteiger partial charge < -0.3 is 10.0 Å². The Morgan fingerprint density at radius 1 is 1.48 bits per heavy atom. The number of aliphatic hydroxyl groups is 1. The predicted octanol–water partition coefficient (Wildman–Crippen LogP) is 2.13. The zero-order valence-corrected chi connectivity index (χ0v) is 14.6. The summed E-state index contributed by atoms with van der Waals surface area (Å²) in [6.45, 7) is 8.81. The Bertz CT molecular complexity index is 713. The summed E-state index contributed by atoms with van der Waals surface area (Å²) in [4.78, 5) is 17.1. The summed E-state index contributed by atoms with van der Waals surface area (Å²) < 4.78 is 5.47. The molecular formula is C17H23N3O2S. The van der Waals surface area contributed by atoms with Crippen molar-refractivity contribution < 1.29 is 9.90 Å². The highest BCUT2D eigenvalue weighted by Crippen LogP contribution is 2.26. The summed E-state index contributed by atoms with van der Waals surface area (Å²) in [5.74, 6) is 0.0195. The van der Waals surface area contributed by atoms with Crippen molar-refractivity contribution in [2.24, 2.45) is 0 Å². The number of hydrogen-bond donors (Lipinski definition) is 1. The van der Waals surface area contributed by atoms with Crippen LogP contribution in [0.15, 0.2) is 18.2 Å². The highest BCUT2D eigenvalue weighted by atomic mass is 32.1. The quantitative estimate of drug-likeness (QED) is 0.935. The van der Waals surface area contributed by atoms with Gasteiger partial charge >= 0.3 is 0 Å². The van der Waals surface area contributed by atoms with E-state index in [1.807, 2.05) is 30.0 Å². The number of aryl methyl sites for hydroxylation is 1. The first-order valence-electron chi connectivity index (χ1n) is 8.03. The maximum atomic E-state index is 12.9. The van der Waals surface area contributed by atoms with Crippen LogP contribution < -0.4 is 0 Å². The second-order valence-electron chi connectivity index (χ2n) is 6.49. The molecule has 0 radical (unpaired) electrons. The Morgan fingerprint density at radius 2 is 2.26 bits per heavy atom. The van der Waals surface area contributed by atoms with E-state index >= 15 is 0 Å². The second-order valence-corrected chi connectivity index (χ2v) is 7.29. The van der Waals surface area contributed by atoms with Gasteiger partial charge in [0, 0.05) is 37.6 Å². The Balaban J connectivity index is 1.79. The highest BCUT2D eigenvalue weighted by Gasteiger charge is 2.30. The number of β-amino-alcohol motifs (C(OH)–C–C–N with tert-alkyl or cyclic N) is 1. The lowest BCUT2D eigenvalue weighted by Gasteiger charge is -2.40. The molecule has 6 heteroatoms. The van der Waals surface area contributed by atoms with E-state index in [2.05, 4.69) is 16.2 Å². The van der Waals surface area contributed by atoms with E-state index < -0.39 is 0 Å². The van der Waals surface area contributed by atoms with Crippen LogP contribution in [-0.2, 0) is 0 Å². The molecule has 0 aliphatic carbocycles. The standard InChI is InChI=1S/C17H23N3O2S/c1-11-4-5-15-14(8-11)16(18-23-15)17(22)20-7-6-19(9-12(20)2)10-13(3)21/h4-5,8,12-13,21H,6-7,9-10H2,1-3H3. The molecule has 5 nitrogen and oxygen atoms in total. The molecule has 2 aromatic rings. The molecule has 2 atom stereocenters. The van der Waals surface area contributed by atoms with Crippen LogP contribution in [0.4, 0.5) is 0 Å². The minimum absolute atomic E-state index is 0.0195. The fourth-order valence-electron chi connectivity index (χ4n) is 3.22. The van der Waals surface area contributed by atoms with E-state index in [0.29, 0.717) is 18.8 Å². The van der Waals surface area contributed by atoms with E-state index in [9.17, 15) is 9.90 Å². The molecule has 1 aromatic heterocycles. The molecule has 1 aliphatic heterocycles. The molecule has 23 heavy (non-hydrogen) atoms. The Labute approximate surface area is 140 Å². The summed E-state index contributed by atoms with van der Waals surface area (Å²) in [5.41, 5.74) is 1.71. The number of carbonyl (C=O) groups is 1. The number of piperazine rings is 1. The molecule has 3 rings (SSSR count). The number of benzene rings is 1. The molecule has 1 aliphatic rings. The van der Waals surface area contributed by atoms with Gasteiger partial charge in [0.25, 0.3) is 5.91 Å². The third-order valence-corrected chi connectivity index (χ3v) is 5.15. The number of aliphatic hydroxyl groups excluding tert-OH is 1. The lowest BCUT2D eigenvalue weighted by atomic mass is 10.1. The van der Waals surface area contributed by atoms with E-state index in [1.165, 1.54) is 11.5 Å². The van der Waals surface area contributed by atoms with Crippen molar-refractivity contribution in [2.45, 2.75) is 32.9 Å². The van der Waals surface area contributed by atoms with Crippen molar-refractivity contribution >= 4 is 27.5 Å². The molecule has 1 saturated heterocycles. The van der Waals surface area contributed by atoms with Crippen molar-refractivity contribution in [2.75, 3.05) is 26.2 Å². The Morgan fingerprint density at radius 3 is 2.96 bits per heavy atom. The van der Waals surface area contributed by atoms with E-state index in [0.717, 1.165) is 28.7 Å². The summed E-state index contributed by atoms with van der Waals surface area (Å²) >= 11 is 1.38. The summed E-state index contributed by atoms with van der Waals surface area (Å²) in [6.07, 6.45) is -0.338. The van der Waals surface area contributed by atoms with Crippen LogP contribution in [0.25, 0.3) is 10.1 Å². The molecule has 0 saturated carbocycles. The number of nitrogens with zero attached hydrogens (tertiary/aromatic N) is 3. The van der Waals surface area contributed by atoms with Crippen LogP contribution in [0.3, 0.4) is 0 Å². The average Bonchev–Trinajstić information content (AvgIpc) is 2.89. The molecule has 0 bridgehead atoms. The molecule has 2 unspecified atom stereocenters. The normalized spacial score (nSPS) is 20.9. The topological polar surface area (TPSA) is 56.7 Å². The van der Waals surface area contributed by atoms with E-state index in [4.69, 9.17) is 0 Å². The summed E-state index contributed by atoms with van der Waals surface area (Å²) in [7, 11) is 0. The third-order valence-electron chi connectivity index (χ3n) is 4.32. The number of hydrogen-bond acceptors (Lipinski definition) is 5. The fraction of sp³-hybridized carbons (Fsp3) is 0.529. The van der Waals surface area contributed by atoms with Gasteiger partial charge in [0.2, 0.25) is 0 Å². The van der Waals surface area contributed by atoms with Crippen LogP contribution in [0.1, 0.15) is 29.9 Å². The van der Waals surface area contributed by atoms with Gasteiger partial charge in [-0.1, -0.05) is 11.6 Å².